The highest BCUT2D eigenvalue weighted by Crippen LogP contribution is 2.35. The molecule has 1 amide bonds. The summed E-state index contributed by atoms with van der Waals surface area (Å²) in [4.78, 5) is 25.5. The van der Waals surface area contributed by atoms with Crippen LogP contribution in [0, 0.1) is 0 Å². The second-order valence-corrected chi connectivity index (χ2v) is 6.01. The average molecular weight is 296 g/mol. The molecule has 0 spiro atoms. The van der Waals surface area contributed by atoms with Crippen molar-refractivity contribution in [3.63, 3.8) is 0 Å². The van der Waals surface area contributed by atoms with E-state index in [1.54, 1.807) is 9.47 Å². The van der Waals surface area contributed by atoms with Gasteiger partial charge in [0.25, 0.3) is 0 Å². The quantitative estimate of drug-likeness (QED) is 0.610. The van der Waals surface area contributed by atoms with E-state index in [4.69, 9.17) is 0 Å². The van der Waals surface area contributed by atoms with Crippen molar-refractivity contribution in [2.45, 2.75) is 37.9 Å². The van der Waals surface area contributed by atoms with Gasteiger partial charge in [-0.05, 0) is 26.7 Å². The molecule has 0 aromatic carbocycles. The number of rotatable bonds is 7. The van der Waals surface area contributed by atoms with Gasteiger partial charge in [-0.1, -0.05) is 23.9 Å². The van der Waals surface area contributed by atoms with Gasteiger partial charge in [0.1, 0.15) is 0 Å². The molecule has 1 heterocycles. The lowest BCUT2D eigenvalue weighted by Crippen LogP contribution is -2.33. The Kier molecular flexibility index (Phi) is 4.69. The normalized spacial score (nSPS) is 14.3. The van der Waals surface area contributed by atoms with Crippen LogP contribution in [-0.4, -0.2) is 44.4 Å². The number of thioether (sulfide) groups is 1. The Balaban J connectivity index is 1.96. The Morgan fingerprint density at radius 1 is 1.60 bits per heavy atom. The molecule has 1 saturated carbocycles. The SMILES string of the molecule is C=C(C)CN(CC)C(=O)CSc1n[nH]c(=O)n1C1CC1. The summed E-state index contributed by atoms with van der Waals surface area (Å²) >= 11 is 1.31. The molecule has 110 valence electrons. The van der Waals surface area contributed by atoms with E-state index in [1.165, 1.54) is 11.8 Å². The molecule has 1 fully saturated rings. The average Bonchev–Trinajstić information content (AvgIpc) is 3.17. The topological polar surface area (TPSA) is 71.0 Å². The fourth-order valence-electron chi connectivity index (χ4n) is 1.97. The molecule has 0 radical (unpaired) electrons. The van der Waals surface area contributed by atoms with Crippen LogP contribution < -0.4 is 5.69 Å². The first-order chi connectivity index (χ1) is 9.52. The number of carbonyl (C=O) groups excluding carboxylic acids is 1. The molecule has 0 unspecified atom stereocenters. The second kappa shape index (κ2) is 6.30. The highest BCUT2D eigenvalue weighted by atomic mass is 32.2. The molecule has 0 saturated heterocycles. The lowest BCUT2D eigenvalue weighted by atomic mass is 10.3. The van der Waals surface area contributed by atoms with Crippen LogP contribution in [0.2, 0.25) is 0 Å². The highest BCUT2D eigenvalue weighted by Gasteiger charge is 2.28. The number of H-pyrrole nitrogens is 1. The fraction of sp³-hybridized carbons (Fsp3) is 0.615. The van der Waals surface area contributed by atoms with Crippen molar-refractivity contribution in [1.29, 1.82) is 0 Å². The zero-order valence-corrected chi connectivity index (χ0v) is 12.7. The van der Waals surface area contributed by atoms with Gasteiger partial charge in [0.2, 0.25) is 5.91 Å². The third-order valence-corrected chi connectivity index (χ3v) is 4.04. The number of aromatic amines is 1. The molecule has 1 N–H and O–H groups in total. The van der Waals surface area contributed by atoms with Crippen LogP contribution in [0.3, 0.4) is 0 Å². The molecule has 1 aliphatic carbocycles. The molecule has 1 aromatic rings. The molecular weight excluding hydrogens is 276 g/mol. The van der Waals surface area contributed by atoms with Crippen molar-refractivity contribution in [3.05, 3.63) is 22.6 Å². The number of hydrogen-bond donors (Lipinski definition) is 1. The van der Waals surface area contributed by atoms with Crippen LogP contribution in [0.5, 0.6) is 0 Å². The molecule has 7 heteroatoms. The van der Waals surface area contributed by atoms with Gasteiger partial charge in [0.15, 0.2) is 5.16 Å². The summed E-state index contributed by atoms with van der Waals surface area (Å²) in [7, 11) is 0. The van der Waals surface area contributed by atoms with Gasteiger partial charge < -0.3 is 4.90 Å². The molecule has 0 aliphatic heterocycles. The van der Waals surface area contributed by atoms with E-state index in [1.807, 2.05) is 13.8 Å². The molecule has 20 heavy (non-hydrogen) atoms. The summed E-state index contributed by atoms with van der Waals surface area (Å²) in [5, 5.41) is 7.06. The first kappa shape index (κ1) is 14.9. The Bertz CT molecular complexity index is 559. The van der Waals surface area contributed by atoms with Crippen LogP contribution in [0.25, 0.3) is 0 Å². The summed E-state index contributed by atoms with van der Waals surface area (Å²) in [6, 6.07) is 0.261. The van der Waals surface area contributed by atoms with Crippen molar-refractivity contribution in [2.24, 2.45) is 0 Å². The summed E-state index contributed by atoms with van der Waals surface area (Å²) in [6.07, 6.45) is 2.02. The number of hydrogen-bond acceptors (Lipinski definition) is 4. The lowest BCUT2D eigenvalue weighted by molar-refractivity contribution is -0.127. The molecular formula is C13H20N4O2S. The van der Waals surface area contributed by atoms with Gasteiger partial charge in [0, 0.05) is 19.1 Å². The smallest absolute Gasteiger partial charge is 0.338 e. The van der Waals surface area contributed by atoms with E-state index in [0.717, 1.165) is 18.4 Å². The third-order valence-electron chi connectivity index (χ3n) is 3.10. The van der Waals surface area contributed by atoms with E-state index in [9.17, 15) is 9.59 Å². The van der Waals surface area contributed by atoms with E-state index in [2.05, 4.69) is 16.8 Å². The van der Waals surface area contributed by atoms with E-state index >= 15 is 0 Å². The van der Waals surface area contributed by atoms with Gasteiger partial charge in [-0.15, -0.1) is 5.10 Å². The lowest BCUT2D eigenvalue weighted by Gasteiger charge is -2.20. The van der Waals surface area contributed by atoms with Crippen molar-refractivity contribution < 1.29 is 4.79 Å². The predicted octanol–water partition coefficient (Wildman–Crippen LogP) is 1.42. The maximum absolute atomic E-state index is 12.1. The van der Waals surface area contributed by atoms with Crippen LogP contribution in [-0.2, 0) is 4.79 Å². The Morgan fingerprint density at radius 2 is 2.30 bits per heavy atom. The Hall–Kier alpha value is -1.50. The number of aromatic nitrogens is 3. The minimum Gasteiger partial charge on any atom is -0.338 e. The number of amides is 1. The van der Waals surface area contributed by atoms with E-state index < -0.39 is 0 Å². The van der Waals surface area contributed by atoms with Gasteiger partial charge >= 0.3 is 5.69 Å². The maximum Gasteiger partial charge on any atom is 0.344 e. The van der Waals surface area contributed by atoms with Crippen molar-refractivity contribution in [2.75, 3.05) is 18.8 Å². The minimum absolute atomic E-state index is 0.0401. The minimum atomic E-state index is -0.184. The molecule has 6 nitrogen and oxygen atoms in total. The van der Waals surface area contributed by atoms with E-state index in [0.29, 0.717) is 18.2 Å². The first-order valence-corrected chi connectivity index (χ1v) is 7.73. The molecule has 1 aromatic heterocycles. The third kappa shape index (κ3) is 3.53. The van der Waals surface area contributed by atoms with Gasteiger partial charge in [-0.25, -0.2) is 9.89 Å². The van der Waals surface area contributed by atoms with Crippen molar-refractivity contribution in [1.82, 2.24) is 19.7 Å². The predicted molar refractivity (Wildman–Crippen MR) is 78.9 cm³/mol. The van der Waals surface area contributed by atoms with Crippen LogP contribution >= 0.6 is 11.8 Å². The highest BCUT2D eigenvalue weighted by molar-refractivity contribution is 7.99. The van der Waals surface area contributed by atoms with Crippen molar-refractivity contribution in [3.8, 4) is 0 Å². The molecule has 0 bridgehead atoms. The fourth-order valence-corrected chi connectivity index (χ4v) is 2.88. The number of nitrogens with zero attached hydrogens (tertiary/aromatic N) is 3. The summed E-state index contributed by atoms with van der Waals surface area (Å²) in [6.45, 7) is 8.91. The second-order valence-electron chi connectivity index (χ2n) is 5.07. The summed E-state index contributed by atoms with van der Waals surface area (Å²) < 4.78 is 1.66. The monoisotopic (exact) mass is 296 g/mol. The maximum atomic E-state index is 12.1. The van der Waals surface area contributed by atoms with Crippen LogP contribution in [0.15, 0.2) is 22.1 Å². The van der Waals surface area contributed by atoms with Gasteiger partial charge in [0.05, 0.1) is 5.75 Å². The summed E-state index contributed by atoms with van der Waals surface area (Å²) in [5.41, 5.74) is 0.775. The zero-order chi connectivity index (χ0) is 14.7. The number of nitrogens with one attached hydrogen (secondary N) is 1. The molecule has 2 rings (SSSR count). The number of likely N-dealkylation sites (N-methyl/N-ethyl adjacent to an activating group) is 1. The van der Waals surface area contributed by atoms with E-state index in [-0.39, 0.29) is 23.4 Å². The largest absolute Gasteiger partial charge is 0.344 e. The first-order valence-electron chi connectivity index (χ1n) is 6.74. The van der Waals surface area contributed by atoms with Crippen LogP contribution in [0.4, 0.5) is 0 Å². The molecule has 0 atom stereocenters. The van der Waals surface area contributed by atoms with Gasteiger partial charge in [-0.2, -0.15) is 0 Å². The molecule has 1 aliphatic rings. The van der Waals surface area contributed by atoms with Crippen molar-refractivity contribution >= 4 is 17.7 Å². The van der Waals surface area contributed by atoms with Crippen LogP contribution in [0.1, 0.15) is 32.7 Å². The van der Waals surface area contributed by atoms with Gasteiger partial charge in [-0.3, -0.25) is 9.36 Å². The zero-order valence-electron chi connectivity index (χ0n) is 11.9. The standard InChI is InChI=1S/C13H20N4O2S/c1-4-16(7-9(2)3)11(18)8-20-13-15-14-12(19)17(13)10-5-6-10/h10H,2,4-8H2,1,3H3,(H,14,19). The Labute approximate surface area is 122 Å². The summed E-state index contributed by atoms with van der Waals surface area (Å²) in [5.74, 6) is 0.330. The Morgan fingerprint density at radius 3 is 2.85 bits per heavy atom. The number of carbonyl (C=O) groups is 1.